The third-order valence-electron chi connectivity index (χ3n) is 3.46. The van der Waals surface area contributed by atoms with Gasteiger partial charge in [-0.3, -0.25) is 0 Å². The Morgan fingerprint density at radius 3 is 2.28 bits per heavy atom. The highest BCUT2D eigenvalue weighted by atomic mass is 127. The lowest BCUT2D eigenvalue weighted by Crippen LogP contribution is -2.24. The van der Waals surface area contributed by atoms with E-state index >= 15 is 0 Å². The summed E-state index contributed by atoms with van der Waals surface area (Å²) in [6, 6.07) is 15.3. The van der Waals surface area contributed by atoms with Crippen LogP contribution in [0.1, 0.15) is 17.0 Å². The molecule has 18 heavy (non-hydrogen) atoms. The van der Waals surface area contributed by atoms with Crippen molar-refractivity contribution in [2.45, 2.75) is 16.3 Å². The van der Waals surface area contributed by atoms with Crippen LogP contribution >= 0.6 is 22.6 Å². The van der Waals surface area contributed by atoms with Gasteiger partial charge < -0.3 is 0 Å². The summed E-state index contributed by atoms with van der Waals surface area (Å²) in [5.41, 5.74) is 3.80. The van der Waals surface area contributed by atoms with Crippen molar-refractivity contribution in [3.63, 3.8) is 0 Å². The zero-order valence-electron chi connectivity index (χ0n) is 9.54. The highest BCUT2D eigenvalue weighted by Crippen LogP contribution is 2.48. The molecule has 0 saturated carbocycles. The summed E-state index contributed by atoms with van der Waals surface area (Å²) in [4.78, 5) is 0. The fourth-order valence-corrected chi connectivity index (χ4v) is 3.18. The van der Waals surface area contributed by atoms with Gasteiger partial charge in [0.25, 0.3) is 0 Å². The smallest absolute Gasteiger partial charge is 0.194 e. The van der Waals surface area contributed by atoms with Crippen LogP contribution in [-0.2, 0) is 6.42 Å². The SMILES string of the molecule is FC(F)(I)C1Cc2ccccc2-c2ccccc21. The third-order valence-corrected chi connectivity index (χ3v) is 4.21. The van der Waals surface area contributed by atoms with Crippen molar-refractivity contribution in [2.24, 2.45) is 0 Å². The molecule has 1 aliphatic rings. The molecule has 0 aliphatic heterocycles. The molecule has 92 valence electrons. The topological polar surface area (TPSA) is 0 Å². The van der Waals surface area contributed by atoms with Crippen molar-refractivity contribution in [2.75, 3.05) is 0 Å². The van der Waals surface area contributed by atoms with E-state index in [0.717, 1.165) is 22.3 Å². The Morgan fingerprint density at radius 1 is 0.944 bits per heavy atom. The Balaban J connectivity index is 2.23. The molecule has 0 radical (unpaired) electrons. The number of halogens is 3. The lowest BCUT2D eigenvalue weighted by Gasteiger charge is -2.30. The average Bonchev–Trinajstić information content (AvgIpc) is 2.37. The third kappa shape index (κ3) is 1.94. The second-order valence-electron chi connectivity index (χ2n) is 4.54. The van der Waals surface area contributed by atoms with Gasteiger partial charge in [0.15, 0.2) is 0 Å². The predicted molar refractivity (Wildman–Crippen MR) is 77.3 cm³/mol. The molecule has 0 fully saturated rings. The van der Waals surface area contributed by atoms with Gasteiger partial charge in [0.1, 0.15) is 0 Å². The van der Waals surface area contributed by atoms with Crippen LogP contribution < -0.4 is 0 Å². The van der Waals surface area contributed by atoms with Crippen LogP contribution in [0.3, 0.4) is 0 Å². The molecule has 1 unspecified atom stereocenters. The summed E-state index contributed by atoms with van der Waals surface area (Å²) >= 11 is 1.26. The largest absolute Gasteiger partial charge is 0.303 e. The molecule has 0 spiro atoms. The fraction of sp³-hybridized carbons (Fsp3) is 0.200. The van der Waals surface area contributed by atoms with Crippen molar-refractivity contribution >= 4 is 22.6 Å². The van der Waals surface area contributed by atoms with E-state index in [1.54, 1.807) is 0 Å². The van der Waals surface area contributed by atoms with Gasteiger partial charge in [0.05, 0.1) is 5.92 Å². The van der Waals surface area contributed by atoms with E-state index in [-0.39, 0.29) is 0 Å². The van der Waals surface area contributed by atoms with Crippen molar-refractivity contribution in [1.29, 1.82) is 0 Å². The van der Waals surface area contributed by atoms with Crippen LogP contribution in [0.2, 0.25) is 0 Å². The van der Waals surface area contributed by atoms with Crippen molar-refractivity contribution in [3.8, 4) is 11.1 Å². The van der Waals surface area contributed by atoms with Crippen LogP contribution in [0, 0.1) is 0 Å². The van der Waals surface area contributed by atoms with E-state index in [1.165, 1.54) is 22.6 Å². The molecule has 0 N–H and O–H groups in total. The van der Waals surface area contributed by atoms with Crippen LogP contribution in [0.4, 0.5) is 8.78 Å². The minimum Gasteiger partial charge on any atom is -0.194 e. The molecule has 0 saturated heterocycles. The number of fused-ring (bicyclic) bond motifs is 3. The molecular formula is C15H11F2I. The van der Waals surface area contributed by atoms with Crippen molar-refractivity contribution in [1.82, 2.24) is 0 Å². The standard InChI is InChI=1S/C15H11F2I/c16-15(17,18)14-9-10-5-1-2-6-11(10)12-7-3-4-8-13(12)14/h1-8,14H,9H2. The maximum Gasteiger partial charge on any atom is 0.303 e. The minimum absolute atomic E-state index is 0.406. The summed E-state index contributed by atoms with van der Waals surface area (Å²) in [6.45, 7) is 0. The van der Waals surface area contributed by atoms with E-state index in [0.29, 0.717) is 6.42 Å². The Labute approximate surface area is 118 Å². The molecule has 0 heterocycles. The summed E-state index contributed by atoms with van der Waals surface area (Å²) in [6.07, 6.45) is 0.406. The maximum absolute atomic E-state index is 13.8. The molecule has 1 aliphatic carbocycles. The second kappa shape index (κ2) is 4.30. The number of hydrogen-bond donors (Lipinski definition) is 0. The zero-order valence-corrected chi connectivity index (χ0v) is 11.7. The van der Waals surface area contributed by atoms with Gasteiger partial charge in [-0.25, -0.2) is 0 Å². The van der Waals surface area contributed by atoms with Crippen LogP contribution in [0.15, 0.2) is 48.5 Å². The van der Waals surface area contributed by atoms with E-state index in [4.69, 9.17) is 0 Å². The molecule has 0 bridgehead atoms. The molecule has 3 heteroatoms. The van der Waals surface area contributed by atoms with Gasteiger partial charge in [-0.15, -0.1) is 0 Å². The first kappa shape index (κ1) is 12.1. The molecule has 1 atom stereocenters. The number of rotatable bonds is 1. The van der Waals surface area contributed by atoms with Crippen LogP contribution in [0.5, 0.6) is 0 Å². The number of alkyl halides is 3. The minimum atomic E-state index is -2.72. The number of benzene rings is 2. The highest BCUT2D eigenvalue weighted by Gasteiger charge is 2.41. The average molecular weight is 356 g/mol. The quantitative estimate of drug-likeness (QED) is 0.497. The second-order valence-corrected chi connectivity index (χ2v) is 5.98. The van der Waals surface area contributed by atoms with Crippen molar-refractivity contribution in [3.05, 3.63) is 59.7 Å². The molecule has 2 aromatic rings. The lowest BCUT2D eigenvalue weighted by atomic mass is 9.79. The molecule has 2 aromatic carbocycles. The van der Waals surface area contributed by atoms with E-state index < -0.39 is 9.85 Å². The molecule has 0 aromatic heterocycles. The normalized spacial score (nSPS) is 18.1. The summed E-state index contributed by atoms with van der Waals surface area (Å²) in [5, 5.41) is 0. The van der Waals surface area contributed by atoms with Gasteiger partial charge in [-0.05, 0) is 51.3 Å². The molecule has 0 nitrogen and oxygen atoms in total. The summed E-state index contributed by atoms with van der Waals surface area (Å²) in [5.74, 6) is -0.732. The molecular weight excluding hydrogens is 345 g/mol. The van der Waals surface area contributed by atoms with E-state index in [9.17, 15) is 8.78 Å². The Bertz CT molecular complexity index is 587. The van der Waals surface area contributed by atoms with Gasteiger partial charge in [0.2, 0.25) is 0 Å². The van der Waals surface area contributed by atoms with Gasteiger partial charge in [-0.2, -0.15) is 8.78 Å². The Morgan fingerprint density at radius 2 is 1.56 bits per heavy atom. The van der Waals surface area contributed by atoms with E-state index in [2.05, 4.69) is 0 Å². The first-order chi connectivity index (χ1) is 8.57. The monoisotopic (exact) mass is 356 g/mol. The number of hydrogen-bond acceptors (Lipinski definition) is 0. The van der Waals surface area contributed by atoms with Gasteiger partial charge in [-0.1, -0.05) is 48.5 Å². The van der Waals surface area contributed by atoms with Crippen molar-refractivity contribution < 1.29 is 8.78 Å². The first-order valence-corrected chi connectivity index (χ1v) is 6.89. The predicted octanol–water partition coefficient (Wildman–Crippen LogP) is 5.02. The highest BCUT2D eigenvalue weighted by molar-refractivity contribution is 14.1. The molecule has 3 rings (SSSR count). The Hall–Kier alpha value is -0.970. The lowest BCUT2D eigenvalue weighted by molar-refractivity contribution is 0.0926. The first-order valence-electron chi connectivity index (χ1n) is 5.81. The molecule has 0 amide bonds. The van der Waals surface area contributed by atoms with Gasteiger partial charge in [0, 0.05) is 0 Å². The summed E-state index contributed by atoms with van der Waals surface area (Å²) < 4.78 is 24.8. The van der Waals surface area contributed by atoms with Crippen LogP contribution in [0.25, 0.3) is 11.1 Å². The van der Waals surface area contributed by atoms with Gasteiger partial charge >= 0.3 is 3.93 Å². The zero-order chi connectivity index (χ0) is 12.8. The Kier molecular flexibility index (Phi) is 2.88. The maximum atomic E-state index is 13.8. The summed E-state index contributed by atoms with van der Waals surface area (Å²) in [7, 11) is 0. The fourth-order valence-electron chi connectivity index (χ4n) is 2.63. The van der Waals surface area contributed by atoms with E-state index in [1.807, 2.05) is 48.5 Å². The van der Waals surface area contributed by atoms with Crippen LogP contribution in [-0.4, -0.2) is 3.93 Å².